The predicted molar refractivity (Wildman–Crippen MR) is 68.5 cm³/mol. The molecule has 0 saturated carbocycles. The summed E-state index contributed by atoms with van der Waals surface area (Å²) >= 11 is 0. The van der Waals surface area contributed by atoms with Gasteiger partial charge in [0.2, 0.25) is 0 Å². The molecule has 0 unspecified atom stereocenters. The van der Waals surface area contributed by atoms with Crippen LogP contribution in [-0.4, -0.2) is 23.4 Å². The van der Waals surface area contributed by atoms with Crippen LogP contribution in [0.3, 0.4) is 0 Å². The van der Waals surface area contributed by atoms with E-state index >= 15 is 0 Å². The van der Waals surface area contributed by atoms with Gasteiger partial charge in [0.05, 0.1) is 5.69 Å². The quantitative estimate of drug-likeness (QED) is 0.647. The Morgan fingerprint density at radius 1 is 1.05 bits per heavy atom. The predicted octanol–water partition coefficient (Wildman–Crippen LogP) is 1.60. The summed E-state index contributed by atoms with van der Waals surface area (Å²) in [5, 5.41) is 3.73. The second-order valence-electron chi connectivity index (χ2n) is 4.62. The Morgan fingerprint density at radius 2 is 1.58 bits per heavy atom. The molecule has 1 aromatic rings. The van der Waals surface area contributed by atoms with E-state index < -0.39 is 23.4 Å². The minimum atomic E-state index is -1.25. The number of esters is 2. The van der Waals surface area contributed by atoms with Crippen molar-refractivity contribution in [2.24, 2.45) is 5.10 Å². The molecule has 2 rings (SSSR count). The first-order valence-corrected chi connectivity index (χ1v) is 5.74. The number of ether oxygens (including phenoxy) is 2. The molecule has 1 aliphatic rings. The van der Waals surface area contributed by atoms with Crippen molar-refractivity contribution < 1.29 is 19.1 Å². The molecule has 0 amide bonds. The Morgan fingerprint density at radius 3 is 2.11 bits per heavy atom. The number of carbonyl (C=O) groups excluding carboxylic acids is 2. The van der Waals surface area contributed by atoms with E-state index in [0.717, 1.165) is 5.56 Å². The first-order chi connectivity index (χ1) is 8.87. The minimum absolute atomic E-state index is 0.403. The molecule has 0 bridgehead atoms. The van der Waals surface area contributed by atoms with Crippen LogP contribution in [0.25, 0.3) is 0 Å². The Labute approximate surface area is 110 Å². The van der Waals surface area contributed by atoms with Gasteiger partial charge in [0.25, 0.3) is 11.5 Å². The largest absolute Gasteiger partial charge is 0.418 e. The molecular formula is C13H14N2O4. The number of aryl methyl sites for hydroxylation is 1. The summed E-state index contributed by atoms with van der Waals surface area (Å²) in [4.78, 5) is 23.2. The third-order valence-corrected chi connectivity index (χ3v) is 2.41. The lowest BCUT2D eigenvalue weighted by Gasteiger charge is -2.28. The molecule has 1 fully saturated rings. The molecule has 1 aromatic carbocycles. The standard InChI is InChI=1S/C13H14N2O4/c1-8-4-6-9(7-5-8)14-15-10-11(16)18-13(2,3)19-12(10)17/h4-7,14H,1-3H3. The molecule has 6 heteroatoms. The van der Waals surface area contributed by atoms with Gasteiger partial charge in [-0.25, -0.2) is 9.59 Å². The van der Waals surface area contributed by atoms with E-state index in [4.69, 9.17) is 9.47 Å². The second kappa shape index (κ2) is 4.72. The number of rotatable bonds is 2. The van der Waals surface area contributed by atoms with Crippen molar-refractivity contribution in [2.45, 2.75) is 26.6 Å². The van der Waals surface area contributed by atoms with Crippen LogP contribution in [0.15, 0.2) is 29.4 Å². The first-order valence-electron chi connectivity index (χ1n) is 5.74. The van der Waals surface area contributed by atoms with Gasteiger partial charge in [0, 0.05) is 13.8 Å². The monoisotopic (exact) mass is 262 g/mol. The summed E-state index contributed by atoms with van der Waals surface area (Å²) in [6.45, 7) is 4.91. The van der Waals surface area contributed by atoms with Crippen LogP contribution in [-0.2, 0) is 19.1 Å². The number of benzene rings is 1. The van der Waals surface area contributed by atoms with Gasteiger partial charge in [-0.05, 0) is 19.1 Å². The third kappa shape index (κ3) is 3.09. The smallest absolute Gasteiger partial charge is 0.369 e. The lowest BCUT2D eigenvalue weighted by Crippen LogP contribution is -2.47. The van der Waals surface area contributed by atoms with E-state index in [2.05, 4.69) is 10.5 Å². The maximum atomic E-state index is 11.6. The molecule has 0 atom stereocenters. The summed E-state index contributed by atoms with van der Waals surface area (Å²) < 4.78 is 9.82. The second-order valence-corrected chi connectivity index (χ2v) is 4.62. The van der Waals surface area contributed by atoms with Gasteiger partial charge < -0.3 is 9.47 Å². The Hall–Kier alpha value is -2.37. The van der Waals surface area contributed by atoms with Crippen LogP contribution in [0, 0.1) is 6.92 Å². The molecule has 1 N–H and O–H groups in total. The van der Waals surface area contributed by atoms with Crippen molar-refractivity contribution in [1.82, 2.24) is 0 Å². The van der Waals surface area contributed by atoms with E-state index in [1.165, 1.54) is 13.8 Å². The van der Waals surface area contributed by atoms with Crippen LogP contribution < -0.4 is 5.43 Å². The number of hydrogen-bond donors (Lipinski definition) is 1. The molecule has 0 radical (unpaired) electrons. The van der Waals surface area contributed by atoms with Crippen LogP contribution in [0.1, 0.15) is 19.4 Å². The molecule has 1 saturated heterocycles. The van der Waals surface area contributed by atoms with Crippen LogP contribution in [0.2, 0.25) is 0 Å². The van der Waals surface area contributed by atoms with Gasteiger partial charge in [0.1, 0.15) is 0 Å². The summed E-state index contributed by atoms with van der Waals surface area (Å²) in [6, 6.07) is 7.32. The van der Waals surface area contributed by atoms with Crippen LogP contribution >= 0.6 is 0 Å². The molecule has 6 nitrogen and oxygen atoms in total. The van der Waals surface area contributed by atoms with E-state index in [-0.39, 0.29) is 0 Å². The summed E-state index contributed by atoms with van der Waals surface area (Å²) in [5.41, 5.74) is 3.96. The van der Waals surface area contributed by atoms with Crippen molar-refractivity contribution >= 4 is 23.3 Å². The number of nitrogens with zero attached hydrogens (tertiary/aromatic N) is 1. The Balaban J connectivity index is 2.13. The van der Waals surface area contributed by atoms with Gasteiger partial charge in [-0.3, -0.25) is 5.43 Å². The number of hydrazone groups is 1. The highest BCUT2D eigenvalue weighted by atomic mass is 16.7. The molecule has 19 heavy (non-hydrogen) atoms. The maximum Gasteiger partial charge on any atom is 0.369 e. The van der Waals surface area contributed by atoms with Crippen molar-refractivity contribution in [3.05, 3.63) is 29.8 Å². The fourth-order valence-electron chi connectivity index (χ4n) is 1.49. The number of hydrogen-bond acceptors (Lipinski definition) is 6. The molecule has 1 aliphatic heterocycles. The highest BCUT2D eigenvalue weighted by molar-refractivity contribution is 6.63. The van der Waals surface area contributed by atoms with Crippen molar-refractivity contribution in [3.63, 3.8) is 0 Å². The summed E-state index contributed by atoms with van der Waals surface area (Å²) in [6.07, 6.45) is 0. The van der Waals surface area contributed by atoms with Crippen LogP contribution in [0.5, 0.6) is 0 Å². The molecule has 0 aromatic heterocycles. The van der Waals surface area contributed by atoms with Crippen molar-refractivity contribution in [1.29, 1.82) is 0 Å². The maximum absolute atomic E-state index is 11.6. The van der Waals surface area contributed by atoms with Gasteiger partial charge in [0.15, 0.2) is 0 Å². The Kier molecular flexibility index (Phi) is 3.25. The zero-order chi connectivity index (χ0) is 14.0. The molecular weight excluding hydrogens is 248 g/mol. The minimum Gasteiger partial charge on any atom is -0.418 e. The van der Waals surface area contributed by atoms with Crippen molar-refractivity contribution in [3.8, 4) is 0 Å². The zero-order valence-electron chi connectivity index (χ0n) is 10.9. The van der Waals surface area contributed by atoms with Gasteiger partial charge >= 0.3 is 11.9 Å². The van der Waals surface area contributed by atoms with Crippen molar-refractivity contribution in [2.75, 3.05) is 5.43 Å². The topological polar surface area (TPSA) is 77.0 Å². The van der Waals surface area contributed by atoms with Gasteiger partial charge in [-0.1, -0.05) is 17.7 Å². The highest BCUT2D eigenvalue weighted by Gasteiger charge is 2.40. The summed E-state index contributed by atoms with van der Waals surface area (Å²) in [7, 11) is 0. The normalized spacial score (nSPS) is 17.5. The van der Waals surface area contributed by atoms with E-state index in [1.807, 2.05) is 19.1 Å². The summed E-state index contributed by atoms with van der Waals surface area (Å²) in [5.74, 6) is -2.86. The lowest BCUT2D eigenvalue weighted by atomic mass is 10.2. The van der Waals surface area contributed by atoms with E-state index in [9.17, 15) is 9.59 Å². The molecule has 100 valence electrons. The molecule has 0 aliphatic carbocycles. The van der Waals surface area contributed by atoms with Gasteiger partial charge in [-0.2, -0.15) is 5.10 Å². The average molecular weight is 262 g/mol. The molecule has 0 spiro atoms. The van der Waals surface area contributed by atoms with E-state index in [0.29, 0.717) is 5.69 Å². The SMILES string of the molecule is Cc1ccc(NN=C2C(=O)OC(C)(C)OC2=O)cc1. The van der Waals surface area contributed by atoms with Crippen LogP contribution in [0.4, 0.5) is 5.69 Å². The third-order valence-electron chi connectivity index (χ3n) is 2.41. The zero-order valence-corrected chi connectivity index (χ0v) is 10.9. The van der Waals surface area contributed by atoms with Gasteiger partial charge in [-0.15, -0.1) is 0 Å². The average Bonchev–Trinajstić information content (AvgIpc) is 2.29. The molecule has 1 heterocycles. The number of anilines is 1. The highest BCUT2D eigenvalue weighted by Crippen LogP contribution is 2.18. The fourth-order valence-corrected chi connectivity index (χ4v) is 1.49. The lowest BCUT2D eigenvalue weighted by molar-refractivity contribution is -0.214. The number of nitrogens with one attached hydrogen (secondary N) is 1. The van der Waals surface area contributed by atoms with E-state index in [1.54, 1.807) is 12.1 Å². The Bertz CT molecular complexity index is 524. The number of cyclic esters (lactones) is 2. The fraction of sp³-hybridized carbons (Fsp3) is 0.308. The number of carbonyl (C=O) groups is 2. The first kappa shape index (κ1) is 13.1.